The third-order valence-electron chi connectivity index (χ3n) is 6.35. The molecule has 0 aliphatic carbocycles. The van der Waals surface area contributed by atoms with Crippen molar-refractivity contribution in [3.05, 3.63) is 65.5 Å². The largest absolute Gasteiger partial charge is 0.337 e. The number of piperidine rings is 1. The van der Waals surface area contributed by atoms with Crippen molar-refractivity contribution in [1.82, 2.24) is 19.3 Å². The number of carbonyl (C=O) groups is 1. The number of sulfonamides is 1. The van der Waals surface area contributed by atoms with Gasteiger partial charge in [0.1, 0.15) is 6.54 Å². The lowest BCUT2D eigenvalue weighted by Gasteiger charge is -2.35. The van der Waals surface area contributed by atoms with E-state index in [1.807, 2.05) is 52.0 Å². The quantitative estimate of drug-likeness (QED) is 0.487. The van der Waals surface area contributed by atoms with Crippen LogP contribution < -0.4 is 0 Å². The zero-order valence-corrected chi connectivity index (χ0v) is 21.5. The number of hydrogen-bond donors (Lipinski definition) is 0. The van der Waals surface area contributed by atoms with Gasteiger partial charge in [-0.1, -0.05) is 46.6 Å². The van der Waals surface area contributed by atoms with E-state index in [4.69, 9.17) is 4.52 Å². The van der Waals surface area contributed by atoms with Crippen LogP contribution in [0.1, 0.15) is 43.7 Å². The molecule has 1 saturated heterocycles. The van der Waals surface area contributed by atoms with Gasteiger partial charge in [0.2, 0.25) is 27.6 Å². The Morgan fingerprint density at radius 1 is 1.14 bits per heavy atom. The summed E-state index contributed by atoms with van der Waals surface area (Å²) in [5, 5.41) is 4.08. The van der Waals surface area contributed by atoms with Gasteiger partial charge in [-0.2, -0.15) is 9.29 Å². The lowest BCUT2D eigenvalue weighted by atomic mass is 9.97. The third kappa shape index (κ3) is 5.62. The summed E-state index contributed by atoms with van der Waals surface area (Å²) in [5.41, 5.74) is 2.94. The Morgan fingerprint density at radius 3 is 2.57 bits per heavy atom. The van der Waals surface area contributed by atoms with Crippen molar-refractivity contribution in [2.24, 2.45) is 5.92 Å². The number of aryl methyl sites for hydroxylation is 2. The van der Waals surface area contributed by atoms with Crippen LogP contribution in [0.3, 0.4) is 0 Å². The Labute approximate surface area is 207 Å². The van der Waals surface area contributed by atoms with Crippen LogP contribution in [-0.4, -0.2) is 52.8 Å². The standard InChI is InChI=1S/C26H32N4O4S/c1-18(2)30(17-24-27-25(28-34-24)21-8-5-7-20(4)15-21)26(31)22-9-6-14-29(16-22)35(32,33)23-12-10-19(3)11-13-23/h5,7-8,10-13,15,18,22H,6,9,14,16-17H2,1-4H3/t22-/m0/s1. The van der Waals surface area contributed by atoms with Gasteiger partial charge in [-0.15, -0.1) is 0 Å². The summed E-state index contributed by atoms with van der Waals surface area (Å²) in [4.78, 5) is 20.0. The van der Waals surface area contributed by atoms with Gasteiger partial charge in [0.15, 0.2) is 0 Å². The molecule has 3 aromatic rings. The lowest BCUT2D eigenvalue weighted by molar-refractivity contribution is -0.139. The highest BCUT2D eigenvalue weighted by molar-refractivity contribution is 7.89. The maximum atomic E-state index is 13.5. The lowest BCUT2D eigenvalue weighted by Crippen LogP contribution is -2.48. The normalized spacial score (nSPS) is 17.0. The molecule has 0 spiro atoms. The van der Waals surface area contributed by atoms with Crippen LogP contribution in [0.5, 0.6) is 0 Å². The minimum atomic E-state index is -3.66. The van der Waals surface area contributed by atoms with Crippen LogP contribution in [0.4, 0.5) is 0 Å². The zero-order chi connectivity index (χ0) is 25.2. The van der Waals surface area contributed by atoms with Crippen LogP contribution in [0, 0.1) is 19.8 Å². The second-order valence-electron chi connectivity index (χ2n) is 9.46. The van der Waals surface area contributed by atoms with Crippen molar-refractivity contribution in [1.29, 1.82) is 0 Å². The van der Waals surface area contributed by atoms with E-state index in [-0.39, 0.29) is 29.9 Å². The van der Waals surface area contributed by atoms with Crippen LogP contribution in [0.25, 0.3) is 11.4 Å². The first-order chi connectivity index (χ1) is 16.6. The molecule has 4 rings (SSSR count). The molecule has 0 N–H and O–H groups in total. The Hall–Kier alpha value is -3.04. The Bertz CT molecular complexity index is 1280. The van der Waals surface area contributed by atoms with Gasteiger partial charge in [-0.25, -0.2) is 8.42 Å². The highest BCUT2D eigenvalue weighted by Gasteiger charge is 2.36. The molecule has 1 aliphatic heterocycles. The maximum Gasteiger partial charge on any atom is 0.246 e. The molecule has 1 amide bonds. The number of rotatable bonds is 7. The molecule has 0 unspecified atom stereocenters. The van der Waals surface area contributed by atoms with E-state index in [1.165, 1.54) is 4.31 Å². The fourth-order valence-electron chi connectivity index (χ4n) is 4.34. The molecule has 186 valence electrons. The fraction of sp³-hybridized carbons (Fsp3) is 0.423. The smallest absolute Gasteiger partial charge is 0.246 e. The summed E-state index contributed by atoms with van der Waals surface area (Å²) in [7, 11) is -3.66. The maximum absolute atomic E-state index is 13.5. The number of aromatic nitrogens is 2. The summed E-state index contributed by atoms with van der Waals surface area (Å²) in [6, 6.07) is 14.5. The topological polar surface area (TPSA) is 96.6 Å². The molecule has 8 nitrogen and oxygen atoms in total. The van der Waals surface area contributed by atoms with Crippen molar-refractivity contribution in [3.63, 3.8) is 0 Å². The highest BCUT2D eigenvalue weighted by atomic mass is 32.2. The number of nitrogens with zero attached hydrogens (tertiary/aromatic N) is 4. The monoisotopic (exact) mass is 496 g/mol. The molecule has 1 aromatic heterocycles. The predicted octanol–water partition coefficient (Wildman–Crippen LogP) is 4.19. The molecule has 2 aromatic carbocycles. The molecule has 1 fully saturated rings. The summed E-state index contributed by atoms with van der Waals surface area (Å²) in [6.07, 6.45) is 1.27. The second-order valence-corrected chi connectivity index (χ2v) is 11.4. The van der Waals surface area contributed by atoms with Gasteiger partial charge in [0.05, 0.1) is 10.8 Å². The third-order valence-corrected chi connectivity index (χ3v) is 8.23. The van der Waals surface area contributed by atoms with E-state index in [0.717, 1.165) is 16.7 Å². The number of benzene rings is 2. The first-order valence-electron chi connectivity index (χ1n) is 11.9. The van der Waals surface area contributed by atoms with Gasteiger partial charge >= 0.3 is 0 Å². The van der Waals surface area contributed by atoms with Crippen molar-refractivity contribution in [3.8, 4) is 11.4 Å². The van der Waals surface area contributed by atoms with Gasteiger partial charge in [-0.05, 0) is 58.7 Å². The van der Waals surface area contributed by atoms with Crippen molar-refractivity contribution < 1.29 is 17.7 Å². The molecule has 1 atom stereocenters. The van der Waals surface area contributed by atoms with E-state index >= 15 is 0 Å². The SMILES string of the molecule is Cc1ccc(S(=O)(=O)N2CCC[C@H](C(=O)N(Cc3nc(-c4cccc(C)c4)no3)C(C)C)C2)cc1. The van der Waals surface area contributed by atoms with Gasteiger partial charge in [0.25, 0.3) is 0 Å². The number of carbonyl (C=O) groups excluding carboxylic acids is 1. The first-order valence-corrected chi connectivity index (χ1v) is 13.4. The van der Waals surface area contributed by atoms with Crippen LogP contribution in [-0.2, 0) is 21.4 Å². The van der Waals surface area contributed by atoms with E-state index in [1.54, 1.807) is 29.2 Å². The highest BCUT2D eigenvalue weighted by Crippen LogP contribution is 2.27. The van der Waals surface area contributed by atoms with Gasteiger partial charge in [0, 0.05) is 24.7 Å². The Morgan fingerprint density at radius 2 is 1.89 bits per heavy atom. The van der Waals surface area contributed by atoms with Crippen molar-refractivity contribution in [2.45, 2.75) is 58.0 Å². The molecule has 35 heavy (non-hydrogen) atoms. The van der Waals surface area contributed by atoms with Crippen LogP contribution >= 0.6 is 0 Å². The zero-order valence-electron chi connectivity index (χ0n) is 20.6. The number of amides is 1. The van der Waals surface area contributed by atoms with E-state index in [9.17, 15) is 13.2 Å². The molecule has 1 aliphatic rings. The van der Waals surface area contributed by atoms with Gasteiger partial charge < -0.3 is 9.42 Å². The predicted molar refractivity (Wildman–Crippen MR) is 133 cm³/mol. The minimum absolute atomic E-state index is 0.0980. The first kappa shape index (κ1) is 25.1. The molecule has 0 bridgehead atoms. The van der Waals surface area contributed by atoms with Crippen LogP contribution in [0.2, 0.25) is 0 Å². The fourth-order valence-corrected chi connectivity index (χ4v) is 5.86. The van der Waals surface area contributed by atoms with Crippen LogP contribution in [0.15, 0.2) is 57.9 Å². The molecule has 2 heterocycles. The Kier molecular flexibility index (Phi) is 7.37. The summed E-state index contributed by atoms with van der Waals surface area (Å²) in [5.74, 6) is 0.307. The second kappa shape index (κ2) is 10.3. The average Bonchev–Trinajstić information content (AvgIpc) is 3.31. The minimum Gasteiger partial charge on any atom is -0.337 e. The van der Waals surface area contributed by atoms with Crippen molar-refractivity contribution in [2.75, 3.05) is 13.1 Å². The number of hydrogen-bond acceptors (Lipinski definition) is 6. The Balaban J connectivity index is 1.49. The summed E-state index contributed by atoms with van der Waals surface area (Å²) in [6.45, 7) is 8.52. The van der Waals surface area contributed by atoms with E-state index < -0.39 is 15.9 Å². The molecular weight excluding hydrogens is 464 g/mol. The molecule has 0 saturated carbocycles. The molecular formula is C26H32N4O4S. The van der Waals surface area contributed by atoms with Gasteiger partial charge in [-0.3, -0.25) is 4.79 Å². The van der Waals surface area contributed by atoms with Crippen molar-refractivity contribution >= 4 is 15.9 Å². The van der Waals surface area contributed by atoms with E-state index in [2.05, 4.69) is 10.1 Å². The van der Waals surface area contributed by atoms with E-state index in [0.29, 0.717) is 31.1 Å². The molecule has 0 radical (unpaired) electrons. The summed E-state index contributed by atoms with van der Waals surface area (Å²) < 4.78 is 33.3. The average molecular weight is 497 g/mol. The summed E-state index contributed by atoms with van der Waals surface area (Å²) >= 11 is 0. The molecule has 9 heteroatoms.